The maximum atomic E-state index is 11.9. The zero-order chi connectivity index (χ0) is 16.3. The summed E-state index contributed by atoms with van der Waals surface area (Å²) in [6.45, 7) is 2.70. The van der Waals surface area contributed by atoms with E-state index in [1.165, 1.54) is 24.2 Å². The van der Waals surface area contributed by atoms with Crippen LogP contribution in [-0.2, 0) is 11.2 Å². The topological polar surface area (TPSA) is 64.1 Å². The summed E-state index contributed by atoms with van der Waals surface area (Å²) in [5.41, 5.74) is 0. The summed E-state index contributed by atoms with van der Waals surface area (Å²) in [6, 6.07) is 9.60. The van der Waals surface area contributed by atoms with Gasteiger partial charge in [0.2, 0.25) is 11.0 Å². The molecule has 0 saturated carbocycles. The number of aryl methyl sites for hydroxylation is 1. The predicted molar refractivity (Wildman–Crippen MR) is 92.9 cm³/mol. The first kappa shape index (κ1) is 17.4. The highest BCUT2D eigenvalue weighted by atomic mass is 32.1. The summed E-state index contributed by atoms with van der Waals surface area (Å²) in [5.74, 6) is 0.784. The summed E-state index contributed by atoms with van der Waals surface area (Å²) in [6.07, 6.45) is 5.53. The van der Waals surface area contributed by atoms with Gasteiger partial charge in [0.25, 0.3) is 0 Å². The molecule has 0 saturated heterocycles. The number of unbranched alkanes of at least 4 members (excludes halogenated alkanes) is 2. The molecule has 1 aromatic heterocycles. The lowest BCUT2D eigenvalue weighted by Gasteiger charge is -2.05. The first-order chi connectivity index (χ1) is 11.3. The molecule has 0 aliphatic rings. The van der Waals surface area contributed by atoms with Crippen molar-refractivity contribution in [1.82, 2.24) is 10.2 Å². The van der Waals surface area contributed by atoms with E-state index in [9.17, 15) is 4.79 Å². The molecule has 0 atom stereocenters. The van der Waals surface area contributed by atoms with E-state index in [0.717, 1.165) is 23.6 Å². The van der Waals surface area contributed by atoms with Gasteiger partial charge in [0, 0.05) is 12.8 Å². The molecule has 1 aromatic carbocycles. The van der Waals surface area contributed by atoms with Crippen molar-refractivity contribution >= 4 is 22.4 Å². The van der Waals surface area contributed by atoms with E-state index < -0.39 is 0 Å². The fourth-order valence-corrected chi connectivity index (χ4v) is 2.85. The molecule has 23 heavy (non-hydrogen) atoms. The fraction of sp³-hybridized carbons (Fsp3) is 0.471. The molecule has 2 rings (SSSR count). The lowest BCUT2D eigenvalue weighted by atomic mass is 10.2. The van der Waals surface area contributed by atoms with Crippen molar-refractivity contribution in [2.45, 2.75) is 45.4 Å². The van der Waals surface area contributed by atoms with Crippen LogP contribution in [0.5, 0.6) is 5.75 Å². The summed E-state index contributed by atoms with van der Waals surface area (Å²) in [4.78, 5) is 11.9. The third kappa shape index (κ3) is 6.78. The van der Waals surface area contributed by atoms with Gasteiger partial charge in [-0.05, 0) is 25.0 Å². The smallest absolute Gasteiger partial charge is 0.226 e. The van der Waals surface area contributed by atoms with Crippen LogP contribution in [0.25, 0.3) is 0 Å². The Morgan fingerprint density at radius 1 is 1.17 bits per heavy atom. The highest BCUT2D eigenvalue weighted by Gasteiger charge is 2.08. The number of carbonyl (C=O) groups excluding carboxylic acids is 1. The van der Waals surface area contributed by atoms with Crippen LogP contribution >= 0.6 is 11.3 Å². The number of carbonyl (C=O) groups is 1. The molecule has 0 bridgehead atoms. The minimum atomic E-state index is -0.0436. The van der Waals surface area contributed by atoms with E-state index in [0.29, 0.717) is 24.6 Å². The number of para-hydroxylation sites is 1. The third-order valence-corrected chi connectivity index (χ3v) is 4.17. The molecule has 5 nitrogen and oxygen atoms in total. The molecule has 124 valence electrons. The quantitative estimate of drug-likeness (QED) is 0.666. The Labute approximate surface area is 141 Å². The summed E-state index contributed by atoms with van der Waals surface area (Å²) < 4.78 is 5.56. The van der Waals surface area contributed by atoms with Crippen LogP contribution in [-0.4, -0.2) is 22.7 Å². The fourth-order valence-electron chi connectivity index (χ4n) is 2.05. The second-order valence-electron chi connectivity index (χ2n) is 5.27. The second-order valence-corrected chi connectivity index (χ2v) is 6.33. The van der Waals surface area contributed by atoms with E-state index >= 15 is 0 Å². The molecular weight excluding hydrogens is 310 g/mol. The van der Waals surface area contributed by atoms with Gasteiger partial charge >= 0.3 is 0 Å². The highest BCUT2D eigenvalue weighted by Crippen LogP contribution is 2.18. The van der Waals surface area contributed by atoms with Crippen molar-refractivity contribution in [2.24, 2.45) is 0 Å². The van der Waals surface area contributed by atoms with Gasteiger partial charge in [-0.2, -0.15) is 0 Å². The predicted octanol–water partition coefficient (Wildman–Crippen LogP) is 4.07. The molecule has 0 unspecified atom stereocenters. The van der Waals surface area contributed by atoms with E-state index in [4.69, 9.17) is 4.74 Å². The number of nitrogens with one attached hydrogen (secondary N) is 1. The van der Waals surface area contributed by atoms with Crippen molar-refractivity contribution < 1.29 is 9.53 Å². The van der Waals surface area contributed by atoms with Crippen LogP contribution in [0.4, 0.5) is 5.13 Å². The summed E-state index contributed by atoms with van der Waals surface area (Å²) in [7, 11) is 0. The molecule has 0 fully saturated rings. The van der Waals surface area contributed by atoms with Crippen molar-refractivity contribution in [1.29, 1.82) is 0 Å². The normalized spacial score (nSPS) is 10.5. The average Bonchev–Trinajstić information content (AvgIpc) is 3.00. The van der Waals surface area contributed by atoms with Crippen LogP contribution in [0, 0.1) is 0 Å². The zero-order valence-corrected chi connectivity index (χ0v) is 14.3. The molecule has 0 aliphatic heterocycles. The van der Waals surface area contributed by atoms with Gasteiger partial charge in [0.05, 0.1) is 6.61 Å². The van der Waals surface area contributed by atoms with Crippen molar-refractivity contribution in [3.63, 3.8) is 0 Å². The maximum Gasteiger partial charge on any atom is 0.226 e. The zero-order valence-electron chi connectivity index (χ0n) is 13.5. The largest absolute Gasteiger partial charge is 0.494 e. The van der Waals surface area contributed by atoms with Gasteiger partial charge in [0.1, 0.15) is 10.8 Å². The Morgan fingerprint density at radius 3 is 2.78 bits per heavy atom. The Kier molecular flexibility index (Phi) is 7.52. The van der Waals surface area contributed by atoms with Crippen molar-refractivity contribution in [2.75, 3.05) is 11.9 Å². The standard InChI is InChI=1S/C17H23N3O2S/c1-2-3-5-12-16-19-20-17(23-16)18-15(21)11-8-13-22-14-9-6-4-7-10-14/h4,6-7,9-10H,2-3,5,8,11-13H2,1H3,(H,18,20,21). The van der Waals surface area contributed by atoms with Crippen LogP contribution < -0.4 is 10.1 Å². The number of rotatable bonds is 10. The monoisotopic (exact) mass is 333 g/mol. The van der Waals surface area contributed by atoms with Gasteiger partial charge in [-0.3, -0.25) is 4.79 Å². The molecule has 6 heteroatoms. The van der Waals surface area contributed by atoms with Crippen molar-refractivity contribution in [3.8, 4) is 5.75 Å². The number of hydrogen-bond acceptors (Lipinski definition) is 5. The molecule has 1 N–H and O–H groups in total. The number of benzene rings is 1. The first-order valence-corrected chi connectivity index (χ1v) is 8.89. The molecular formula is C17H23N3O2S. The maximum absolute atomic E-state index is 11.9. The van der Waals surface area contributed by atoms with Gasteiger partial charge < -0.3 is 10.1 Å². The number of anilines is 1. The summed E-state index contributed by atoms with van der Waals surface area (Å²) >= 11 is 1.46. The molecule has 0 radical (unpaired) electrons. The van der Waals surface area contributed by atoms with Gasteiger partial charge in [-0.15, -0.1) is 10.2 Å². The number of nitrogens with zero attached hydrogens (tertiary/aromatic N) is 2. The van der Waals surface area contributed by atoms with Crippen molar-refractivity contribution in [3.05, 3.63) is 35.3 Å². The SMILES string of the molecule is CCCCCc1nnc(NC(=O)CCCOc2ccccc2)s1. The Hall–Kier alpha value is -1.95. The van der Waals surface area contributed by atoms with E-state index in [1.54, 1.807) is 0 Å². The molecule has 1 heterocycles. The molecule has 0 aliphatic carbocycles. The van der Waals surface area contributed by atoms with Gasteiger partial charge in [0.15, 0.2) is 0 Å². The lowest BCUT2D eigenvalue weighted by molar-refractivity contribution is -0.116. The minimum Gasteiger partial charge on any atom is -0.494 e. The lowest BCUT2D eigenvalue weighted by Crippen LogP contribution is -2.12. The van der Waals surface area contributed by atoms with Crippen LogP contribution in [0.1, 0.15) is 44.0 Å². The number of amides is 1. The Bertz CT molecular complexity index is 587. The van der Waals surface area contributed by atoms with Crippen LogP contribution in [0.15, 0.2) is 30.3 Å². The van der Waals surface area contributed by atoms with Crippen LogP contribution in [0.2, 0.25) is 0 Å². The third-order valence-electron chi connectivity index (χ3n) is 3.27. The van der Waals surface area contributed by atoms with Gasteiger partial charge in [-0.25, -0.2) is 0 Å². The van der Waals surface area contributed by atoms with Crippen LogP contribution in [0.3, 0.4) is 0 Å². The van der Waals surface area contributed by atoms with E-state index in [1.807, 2.05) is 30.3 Å². The molecule has 0 spiro atoms. The Morgan fingerprint density at radius 2 is 2.00 bits per heavy atom. The minimum absolute atomic E-state index is 0.0436. The second kappa shape index (κ2) is 9.94. The number of ether oxygens (including phenoxy) is 1. The van der Waals surface area contributed by atoms with E-state index in [2.05, 4.69) is 22.4 Å². The number of hydrogen-bond donors (Lipinski definition) is 1. The van der Waals surface area contributed by atoms with Gasteiger partial charge in [-0.1, -0.05) is 49.3 Å². The molecule has 1 amide bonds. The Balaban J connectivity index is 1.62. The highest BCUT2D eigenvalue weighted by molar-refractivity contribution is 7.15. The average molecular weight is 333 g/mol. The van der Waals surface area contributed by atoms with E-state index in [-0.39, 0.29) is 5.91 Å². The number of aromatic nitrogens is 2. The first-order valence-electron chi connectivity index (χ1n) is 8.08. The molecule has 2 aromatic rings. The summed E-state index contributed by atoms with van der Waals surface area (Å²) in [5, 5.41) is 12.5.